The van der Waals surface area contributed by atoms with Gasteiger partial charge in [0.1, 0.15) is 0 Å². The van der Waals surface area contributed by atoms with Crippen LogP contribution in [0.5, 0.6) is 0 Å². The zero-order chi connectivity index (χ0) is 8.77. The van der Waals surface area contributed by atoms with E-state index in [4.69, 9.17) is 0 Å². The highest BCUT2D eigenvalue weighted by molar-refractivity contribution is 5.02. The summed E-state index contributed by atoms with van der Waals surface area (Å²) in [5.41, 5.74) is -0.112. The Hall–Kier alpha value is -0.0800. The maximum Gasteiger partial charge on any atom is 0.0646 e. The largest absolute Gasteiger partial charge is 0.392 e. The molecule has 0 radical (unpaired) electrons. The molecule has 0 unspecified atom stereocenters. The lowest BCUT2D eigenvalue weighted by Crippen LogP contribution is -2.39. The Morgan fingerprint density at radius 1 is 1.17 bits per heavy atom. The molecule has 0 aromatic heterocycles. The quantitative estimate of drug-likeness (QED) is 0.575. The number of hydrogen-bond donors (Lipinski definition) is 2. The lowest BCUT2D eigenvalue weighted by Gasteiger charge is -2.32. The summed E-state index contributed by atoms with van der Waals surface area (Å²) >= 11 is 0. The average Bonchev–Trinajstić information content (AvgIpc) is 2.54. The van der Waals surface area contributed by atoms with Crippen LogP contribution in [0.4, 0.5) is 0 Å². The molecule has 0 aromatic rings. The zero-order valence-electron chi connectivity index (χ0n) is 7.66. The summed E-state index contributed by atoms with van der Waals surface area (Å²) in [5, 5.41) is 19.8. The molecule has 2 rings (SSSR count). The molecule has 2 N–H and O–H groups in total. The molecule has 2 saturated carbocycles. The molecular formula is C10H18O2. The molecule has 2 nitrogen and oxygen atoms in total. The van der Waals surface area contributed by atoms with Crippen molar-refractivity contribution in [2.75, 3.05) is 0 Å². The Bertz CT molecular complexity index is 181. The summed E-state index contributed by atoms with van der Waals surface area (Å²) in [7, 11) is 0. The van der Waals surface area contributed by atoms with Crippen LogP contribution in [0.25, 0.3) is 0 Å². The molecule has 2 aliphatic carbocycles. The maximum absolute atomic E-state index is 9.96. The van der Waals surface area contributed by atoms with Crippen LogP contribution >= 0.6 is 0 Å². The van der Waals surface area contributed by atoms with Crippen molar-refractivity contribution in [1.82, 2.24) is 0 Å². The molecular weight excluding hydrogens is 152 g/mol. The first-order valence-electron chi connectivity index (χ1n) is 5.03. The van der Waals surface area contributed by atoms with E-state index in [-0.39, 0.29) is 17.6 Å². The summed E-state index contributed by atoms with van der Waals surface area (Å²) in [5.74, 6) is 0.387. The maximum atomic E-state index is 9.96. The highest BCUT2D eigenvalue weighted by Gasteiger charge is 2.52. The molecule has 0 saturated heterocycles. The van der Waals surface area contributed by atoms with Gasteiger partial charge in [-0.2, -0.15) is 0 Å². The molecule has 0 aromatic carbocycles. The first-order chi connectivity index (χ1) is 5.67. The summed E-state index contributed by atoms with van der Waals surface area (Å²) < 4.78 is 0. The van der Waals surface area contributed by atoms with Crippen molar-refractivity contribution >= 4 is 0 Å². The minimum atomic E-state index is -0.255. The normalized spacial score (nSPS) is 53.8. The predicted octanol–water partition coefficient (Wildman–Crippen LogP) is 1.31. The fourth-order valence-corrected chi connectivity index (χ4v) is 3.08. The average molecular weight is 170 g/mol. The van der Waals surface area contributed by atoms with Crippen molar-refractivity contribution in [3.63, 3.8) is 0 Å². The van der Waals surface area contributed by atoms with E-state index in [9.17, 15) is 10.2 Å². The molecule has 12 heavy (non-hydrogen) atoms. The van der Waals surface area contributed by atoms with Gasteiger partial charge in [-0.15, -0.1) is 0 Å². The Balaban J connectivity index is 2.20. The van der Waals surface area contributed by atoms with Gasteiger partial charge in [-0.1, -0.05) is 13.3 Å². The number of hydrogen-bond acceptors (Lipinski definition) is 2. The van der Waals surface area contributed by atoms with Gasteiger partial charge >= 0.3 is 0 Å². The number of aliphatic hydroxyl groups is 2. The number of rotatable bonds is 0. The van der Waals surface area contributed by atoms with Crippen molar-refractivity contribution in [3.8, 4) is 0 Å². The van der Waals surface area contributed by atoms with Crippen molar-refractivity contribution < 1.29 is 10.2 Å². The van der Waals surface area contributed by atoms with Crippen LogP contribution in [0.15, 0.2) is 0 Å². The third-order valence-electron chi connectivity index (χ3n) is 3.98. The van der Waals surface area contributed by atoms with Gasteiger partial charge in [0.25, 0.3) is 0 Å². The van der Waals surface area contributed by atoms with E-state index in [1.54, 1.807) is 0 Å². The summed E-state index contributed by atoms with van der Waals surface area (Å²) in [6.07, 6.45) is 4.62. The van der Waals surface area contributed by atoms with E-state index in [1.807, 2.05) is 0 Å². The van der Waals surface area contributed by atoms with Gasteiger partial charge in [0.05, 0.1) is 12.2 Å². The van der Waals surface area contributed by atoms with E-state index in [0.717, 1.165) is 32.1 Å². The van der Waals surface area contributed by atoms with Crippen molar-refractivity contribution in [2.45, 2.75) is 51.2 Å². The van der Waals surface area contributed by atoms with Crippen LogP contribution in [0, 0.1) is 11.3 Å². The van der Waals surface area contributed by atoms with Crippen molar-refractivity contribution in [1.29, 1.82) is 0 Å². The Kier molecular flexibility index (Phi) is 1.92. The molecule has 2 aliphatic rings. The van der Waals surface area contributed by atoms with Gasteiger partial charge < -0.3 is 10.2 Å². The third-order valence-corrected chi connectivity index (χ3v) is 3.98. The van der Waals surface area contributed by atoms with Gasteiger partial charge in [0.2, 0.25) is 0 Å². The lowest BCUT2D eigenvalue weighted by molar-refractivity contribution is -0.0428. The molecule has 0 amide bonds. The standard InChI is InChI=1S/C10H18O2/c1-7-4-6-10(9(7)12)5-2-3-8(10)11/h7-9,11-12H,2-6H2,1H3/t7-,8-,9+,10+/m1/s1. The molecule has 0 bridgehead atoms. The molecule has 0 aliphatic heterocycles. The minimum Gasteiger partial charge on any atom is -0.392 e. The van der Waals surface area contributed by atoms with Crippen LogP contribution in [0.1, 0.15) is 39.0 Å². The van der Waals surface area contributed by atoms with Crippen molar-refractivity contribution in [3.05, 3.63) is 0 Å². The summed E-state index contributed by atoms with van der Waals surface area (Å²) in [6, 6.07) is 0. The first-order valence-corrected chi connectivity index (χ1v) is 5.03. The fraction of sp³-hybridized carbons (Fsp3) is 1.00. The highest BCUT2D eigenvalue weighted by Crippen LogP contribution is 2.52. The van der Waals surface area contributed by atoms with Crippen LogP contribution in [0.2, 0.25) is 0 Å². The van der Waals surface area contributed by atoms with Crippen LogP contribution in [0.3, 0.4) is 0 Å². The van der Waals surface area contributed by atoms with Gasteiger partial charge in [-0.3, -0.25) is 0 Å². The second-order valence-electron chi connectivity index (χ2n) is 4.60. The monoisotopic (exact) mass is 170 g/mol. The summed E-state index contributed by atoms with van der Waals surface area (Å²) in [6.45, 7) is 2.09. The van der Waals surface area contributed by atoms with E-state index in [1.165, 1.54) is 0 Å². The zero-order valence-corrected chi connectivity index (χ0v) is 7.66. The summed E-state index contributed by atoms with van der Waals surface area (Å²) in [4.78, 5) is 0. The third kappa shape index (κ3) is 0.944. The Morgan fingerprint density at radius 2 is 1.92 bits per heavy atom. The minimum absolute atomic E-state index is 0.112. The predicted molar refractivity (Wildman–Crippen MR) is 46.7 cm³/mol. The second kappa shape index (κ2) is 2.71. The Labute approximate surface area is 73.6 Å². The van der Waals surface area contributed by atoms with Crippen LogP contribution in [-0.2, 0) is 0 Å². The molecule has 2 fully saturated rings. The van der Waals surface area contributed by atoms with E-state index >= 15 is 0 Å². The van der Waals surface area contributed by atoms with Gasteiger partial charge in [0, 0.05) is 5.41 Å². The van der Waals surface area contributed by atoms with E-state index < -0.39 is 0 Å². The van der Waals surface area contributed by atoms with E-state index in [0.29, 0.717) is 5.92 Å². The Morgan fingerprint density at radius 3 is 2.33 bits per heavy atom. The van der Waals surface area contributed by atoms with Gasteiger partial charge in [-0.25, -0.2) is 0 Å². The SMILES string of the molecule is C[C@@H]1CC[C@]2(CCC[C@H]2O)[C@H]1O. The van der Waals surface area contributed by atoms with Crippen LogP contribution < -0.4 is 0 Å². The molecule has 0 heterocycles. The topological polar surface area (TPSA) is 40.5 Å². The molecule has 2 heteroatoms. The highest BCUT2D eigenvalue weighted by atomic mass is 16.3. The van der Waals surface area contributed by atoms with E-state index in [2.05, 4.69) is 6.92 Å². The second-order valence-corrected chi connectivity index (χ2v) is 4.60. The first kappa shape index (κ1) is 8.52. The lowest BCUT2D eigenvalue weighted by atomic mass is 9.79. The van der Waals surface area contributed by atoms with Crippen molar-refractivity contribution in [2.24, 2.45) is 11.3 Å². The van der Waals surface area contributed by atoms with Crippen LogP contribution in [-0.4, -0.2) is 22.4 Å². The number of aliphatic hydroxyl groups excluding tert-OH is 2. The van der Waals surface area contributed by atoms with Gasteiger partial charge in [-0.05, 0) is 31.6 Å². The molecule has 1 spiro atoms. The molecule has 4 atom stereocenters. The fourth-order valence-electron chi connectivity index (χ4n) is 3.08. The smallest absolute Gasteiger partial charge is 0.0646 e. The molecule has 70 valence electrons. The van der Waals surface area contributed by atoms with Gasteiger partial charge in [0.15, 0.2) is 0 Å².